The van der Waals surface area contributed by atoms with Gasteiger partial charge in [-0.3, -0.25) is 4.79 Å². The molecule has 6 nitrogen and oxygen atoms in total. The highest BCUT2D eigenvalue weighted by Gasteiger charge is 2.11. The van der Waals surface area contributed by atoms with Gasteiger partial charge in [0.15, 0.2) is 0 Å². The number of rotatable bonds is 8. The Balaban J connectivity index is 1.49. The molecule has 0 bridgehead atoms. The van der Waals surface area contributed by atoms with Crippen LogP contribution in [0.15, 0.2) is 53.1 Å². The van der Waals surface area contributed by atoms with Crippen LogP contribution in [0.3, 0.4) is 0 Å². The van der Waals surface area contributed by atoms with Crippen molar-refractivity contribution in [3.05, 3.63) is 76.9 Å². The number of hydrogen-bond donors (Lipinski definition) is 1. The molecule has 3 rings (SSSR count). The number of nitrogens with one attached hydrogen (secondary N) is 1. The summed E-state index contributed by atoms with van der Waals surface area (Å²) in [5.41, 5.74) is 2.15. The summed E-state index contributed by atoms with van der Waals surface area (Å²) in [6, 6.07) is 12.8. The first-order valence-corrected chi connectivity index (χ1v) is 8.84. The maximum absolute atomic E-state index is 13.1. The third kappa shape index (κ3) is 5.09. The maximum atomic E-state index is 13.1. The molecule has 0 radical (unpaired) electrons. The molecular formula is C21H21FN2O4. The van der Waals surface area contributed by atoms with E-state index in [0.29, 0.717) is 36.0 Å². The van der Waals surface area contributed by atoms with Crippen molar-refractivity contribution in [1.29, 1.82) is 0 Å². The summed E-state index contributed by atoms with van der Waals surface area (Å²) in [6.07, 6.45) is 0. The molecule has 0 saturated carbocycles. The number of amides is 1. The van der Waals surface area contributed by atoms with Gasteiger partial charge in [-0.25, -0.2) is 4.39 Å². The number of aromatic nitrogens is 1. The van der Waals surface area contributed by atoms with E-state index < -0.39 is 0 Å². The van der Waals surface area contributed by atoms with E-state index >= 15 is 0 Å². The smallest absolute Gasteiger partial charge is 0.251 e. The van der Waals surface area contributed by atoms with Crippen molar-refractivity contribution in [1.82, 2.24) is 10.5 Å². The van der Waals surface area contributed by atoms with E-state index in [2.05, 4.69) is 10.5 Å². The highest BCUT2D eigenvalue weighted by molar-refractivity contribution is 5.94. The van der Waals surface area contributed by atoms with Gasteiger partial charge in [-0.2, -0.15) is 0 Å². The zero-order valence-electron chi connectivity index (χ0n) is 15.7. The summed E-state index contributed by atoms with van der Waals surface area (Å²) in [5.74, 6) is 1.10. The monoisotopic (exact) mass is 384 g/mol. The molecule has 0 unspecified atom stereocenters. The minimum absolute atomic E-state index is 0.234. The molecule has 146 valence electrons. The predicted octanol–water partition coefficient (Wildman–Crippen LogP) is 3.82. The van der Waals surface area contributed by atoms with E-state index in [9.17, 15) is 9.18 Å². The van der Waals surface area contributed by atoms with Crippen LogP contribution in [-0.2, 0) is 6.61 Å². The standard InChI is InChI=1S/C21H21FN2O4/c1-14-20(15(2)28-24-14)13-27-18-7-3-5-16(11-18)21(25)23-9-10-26-19-8-4-6-17(22)12-19/h3-8,11-12H,9-10,13H2,1-2H3,(H,23,25). The van der Waals surface area contributed by atoms with Gasteiger partial charge in [-0.05, 0) is 44.2 Å². The number of aryl methyl sites for hydroxylation is 2. The zero-order valence-corrected chi connectivity index (χ0v) is 15.7. The average Bonchev–Trinajstić information content (AvgIpc) is 3.01. The van der Waals surface area contributed by atoms with Gasteiger partial charge in [0.1, 0.15) is 36.3 Å². The van der Waals surface area contributed by atoms with Crippen molar-refractivity contribution in [2.75, 3.05) is 13.2 Å². The lowest BCUT2D eigenvalue weighted by Gasteiger charge is -2.10. The zero-order chi connectivity index (χ0) is 19.9. The van der Waals surface area contributed by atoms with Gasteiger partial charge in [0.2, 0.25) is 0 Å². The average molecular weight is 384 g/mol. The van der Waals surface area contributed by atoms with Crippen LogP contribution < -0.4 is 14.8 Å². The number of benzene rings is 2. The van der Waals surface area contributed by atoms with Gasteiger partial charge in [-0.15, -0.1) is 0 Å². The van der Waals surface area contributed by atoms with E-state index in [-0.39, 0.29) is 18.3 Å². The van der Waals surface area contributed by atoms with Crippen LogP contribution in [-0.4, -0.2) is 24.2 Å². The summed E-state index contributed by atoms with van der Waals surface area (Å²) in [5, 5.41) is 6.65. The summed E-state index contributed by atoms with van der Waals surface area (Å²) in [7, 11) is 0. The van der Waals surface area contributed by atoms with Gasteiger partial charge in [0.25, 0.3) is 5.91 Å². The van der Waals surface area contributed by atoms with Crippen molar-refractivity contribution in [2.24, 2.45) is 0 Å². The van der Waals surface area contributed by atoms with Gasteiger partial charge in [-0.1, -0.05) is 17.3 Å². The first-order valence-electron chi connectivity index (χ1n) is 8.84. The number of halogens is 1. The fraction of sp³-hybridized carbons (Fsp3) is 0.238. The van der Waals surface area contributed by atoms with Gasteiger partial charge in [0.05, 0.1) is 17.8 Å². The Morgan fingerprint density at radius 3 is 2.57 bits per heavy atom. The van der Waals surface area contributed by atoms with E-state index in [1.165, 1.54) is 12.1 Å². The van der Waals surface area contributed by atoms with Crippen LogP contribution in [0, 0.1) is 19.7 Å². The minimum Gasteiger partial charge on any atom is -0.492 e. The SMILES string of the molecule is Cc1noc(C)c1COc1cccc(C(=O)NCCOc2cccc(F)c2)c1. The maximum Gasteiger partial charge on any atom is 0.251 e. The molecule has 7 heteroatoms. The van der Waals surface area contributed by atoms with E-state index in [1.54, 1.807) is 36.4 Å². The highest BCUT2D eigenvalue weighted by Crippen LogP contribution is 2.18. The van der Waals surface area contributed by atoms with Gasteiger partial charge in [0, 0.05) is 11.6 Å². The van der Waals surface area contributed by atoms with Crippen LogP contribution in [0.5, 0.6) is 11.5 Å². The molecule has 2 aromatic carbocycles. The van der Waals surface area contributed by atoms with Crippen LogP contribution >= 0.6 is 0 Å². The lowest BCUT2D eigenvalue weighted by molar-refractivity contribution is 0.0946. The number of carbonyl (C=O) groups excluding carboxylic acids is 1. The van der Waals surface area contributed by atoms with Crippen LogP contribution in [0.1, 0.15) is 27.4 Å². The first-order chi connectivity index (χ1) is 13.5. The Morgan fingerprint density at radius 2 is 1.86 bits per heavy atom. The molecule has 0 saturated heterocycles. The number of ether oxygens (including phenoxy) is 2. The molecule has 0 spiro atoms. The Hall–Kier alpha value is -3.35. The molecule has 1 heterocycles. The van der Waals surface area contributed by atoms with Crippen LogP contribution in [0.25, 0.3) is 0 Å². The summed E-state index contributed by atoms with van der Waals surface area (Å²) >= 11 is 0. The van der Waals surface area contributed by atoms with Crippen LogP contribution in [0.2, 0.25) is 0 Å². The second-order valence-electron chi connectivity index (χ2n) is 6.18. The molecule has 1 amide bonds. The fourth-order valence-electron chi connectivity index (χ4n) is 2.58. The largest absolute Gasteiger partial charge is 0.492 e. The summed E-state index contributed by atoms with van der Waals surface area (Å²) in [4.78, 5) is 12.3. The topological polar surface area (TPSA) is 73.6 Å². The van der Waals surface area contributed by atoms with Crippen molar-refractivity contribution < 1.29 is 23.2 Å². The van der Waals surface area contributed by atoms with Gasteiger partial charge >= 0.3 is 0 Å². The van der Waals surface area contributed by atoms with Crippen molar-refractivity contribution in [2.45, 2.75) is 20.5 Å². The lowest BCUT2D eigenvalue weighted by Crippen LogP contribution is -2.28. The first kappa shape index (κ1) is 19.4. The molecule has 0 aliphatic carbocycles. The normalized spacial score (nSPS) is 10.5. The van der Waals surface area contributed by atoms with Crippen molar-refractivity contribution in [3.8, 4) is 11.5 Å². The molecular weight excluding hydrogens is 363 g/mol. The van der Waals surface area contributed by atoms with E-state index in [4.69, 9.17) is 14.0 Å². The lowest BCUT2D eigenvalue weighted by atomic mass is 10.2. The third-order valence-electron chi connectivity index (χ3n) is 4.11. The molecule has 3 aromatic rings. The molecule has 0 fully saturated rings. The third-order valence-corrected chi connectivity index (χ3v) is 4.11. The Bertz CT molecular complexity index is 936. The predicted molar refractivity (Wildman–Crippen MR) is 101 cm³/mol. The Labute approximate surface area is 162 Å². The Kier molecular flexibility index (Phi) is 6.26. The highest BCUT2D eigenvalue weighted by atomic mass is 19.1. The molecule has 0 atom stereocenters. The van der Waals surface area contributed by atoms with Crippen LogP contribution in [0.4, 0.5) is 4.39 Å². The second-order valence-corrected chi connectivity index (χ2v) is 6.18. The number of carbonyl (C=O) groups is 1. The fourth-order valence-corrected chi connectivity index (χ4v) is 2.58. The minimum atomic E-state index is -0.366. The molecule has 0 aliphatic heterocycles. The number of nitrogens with zero attached hydrogens (tertiary/aromatic N) is 1. The quantitative estimate of drug-likeness (QED) is 0.598. The summed E-state index contributed by atoms with van der Waals surface area (Å²) in [6.45, 7) is 4.52. The molecule has 0 aliphatic rings. The second kappa shape index (κ2) is 9.03. The van der Waals surface area contributed by atoms with E-state index in [1.807, 2.05) is 13.8 Å². The van der Waals surface area contributed by atoms with Crippen molar-refractivity contribution in [3.63, 3.8) is 0 Å². The van der Waals surface area contributed by atoms with E-state index in [0.717, 1.165) is 11.3 Å². The molecule has 1 N–H and O–H groups in total. The summed E-state index contributed by atoms with van der Waals surface area (Å²) < 4.78 is 29.4. The molecule has 1 aromatic heterocycles. The molecule has 28 heavy (non-hydrogen) atoms. The van der Waals surface area contributed by atoms with Gasteiger partial charge < -0.3 is 19.3 Å². The Morgan fingerprint density at radius 1 is 1.11 bits per heavy atom. The number of hydrogen-bond acceptors (Lipinski definition) is 5. The van der Waals surface area contributed by atoms with Crippen molar-refractivity contribution >= 4 is 5.91 Å².